The van der Waals surface area contributed by atoms with Gasteiger partial charge in [-0.25, -0.2) is 0 Å². The van der Waals surface area contributed by atoms with E-state index in [1.54, 1.807) is 6.07 Å². The van der Waals surface area contributed by atoms with Crippen LogP contribution in [-0.4, -0.2) is 75.2 Å². The fourth-order valence-corrected chi connectivity index (χ4v) is 8.00. The third kappa shape index (κ3) is 4.73. The van der Waals surface area contributed by atoms with E-state index in [2.05, 4.69) is 16.8 Å². The van der Waals surface area contributed by atoms with E-state index in [-0.39, 0.29) is 23.7 Å². The number of allylic oxidation sites excluding steroid dienone is 2. The van der Waals surface area contributed by atoms with Gasteiger partial charge in [-0.1, -0.05) is 29.8 Å². The van der Waals surface area contributed by atoms with E-state index >= 15 is 0 Å². The number of likely N-dealkylation sites (tertiary alicyclic amines) is 2. The van der Waals surface area contributed by atoms with E-state index in [9.17, 15) is 19.5 Å². The van der Waals surface area contributed by atoms with Gasteiger partial charge in [0, 0.05) is 37.0 Å². The first kappa shape index (κ1) is 26.9. The van der Waals surface area contributed by atoms with Gasteiger partial charge in [0.1, 0.15) is 0 Å². The Morgan fingerprint density at radius 2 is 1.83 bits per heavy atom. The van der Waals surface area contributed by atoms with Crippen LogP contribution in [0, 0.1) is 17.8 Å². The van der Waals surface area contributed by atoms with Gasteiger partial charge in [0.15, 0.2) is 0 Å². The molecule has 9 heteroatoms. The molecule has 7 rings (SSSR count). The number of fused-ring (bicyclic) bond motifs is 2. The zero-order valence-corrected chi connectivity index (χ0v) is 24.3. The van der Waals surface area contributed by atoms with Crippen LogP contribution in [0.2, 0.25) is 5.02 Å². The quantitative estimate of drug-likeness (QED) is 0.557. The van der Waals surface area contributed by atoms with Gasteiger partial charge < -0.3 is 14.9 Å². The highest BCUT2D eigenvalue weighted by Gasteiger charge is 2.44. The van der Waals surface area contributed by atoms with Gasteiger partial charge >= 0.3 is 5.97 Å². The zero-order valence-electron chi connectivity index (χ0n) is 23.5. The van der Waals surface area contributed by atoms with Crippen LogP contribution in [0.15, 0.2) is 24.3 Å². The summed E-state index contributed by atoms with van der Waals surface area (Å²) in [6.45, 7) is 2.71. The van der Waals surface area contributed by atoms with Crippen molar-refractivity contribution in [3.8, 4) is 0 Å². The zero-order chi connectivity index (χ0) is 28.4. The molecule has 0 bridgehead atoms. The largest absolute Gasteiger partial charge is 0.481 e. The third-order valence-corrected chi connectivity index (χ3v) is 10.6. The van der Waals surface area contributed by atoms with Crippen LogP contribution in [-0.2, 0) is 22.4 Å². The molecule has 0 radical (unpaired) electrons. The summed E-state index contributed by atoms with van der Waals surface area (Å²) in [7, 11) is 2.15. The Kier molecular flexibility index (Phi) is 6.81. The standard InChI is InChI=1S/C32H37ClN4O4/c1-35-14-13-22-16-36(17-27(22)35)30(38)21-11-12-24-26(15-21)37(34-29(24)19-7-9-20(10-8-19)32(40)41)31(39)28-23(18-5-6-18)3-2-4-25(28)33/h2-4,7,18,20-22,27H,5-6,8-17H2,1H3,(H,40,41). The maximum Gasteiger partial charge on any atom is 0.306 e. The van der Waals surface area contributed by atoms with E-state index in [1.165, 1.54) is 4.68 Å². The highest BCUT2D eigenvalue weighted by atomic mass is 35.5. The normalized spacial score (nSPS) is 27.9. The minimum Gasteiger partial charge on any atom is -0.481 e. The number of benzene rings is 1. The molecule has 1 amide bonds. The second kappa shape index (κ2) is 10.4. The second-order valence-corrected chi connectivity index (χ2v) is 13.2. The number of hydrogen-bond acceptors (Lipinski definition) is 5. The van der Waals surface area contributed by atoms with E-state index in [4.69, 9.17) is 16.7 Å². The Morgan fingerprint density at radius 3 is 2.54 bits per heavy atom. The summed E-state index contributed by atoms with van der Waals surface area (Å²) in [5.41, 5.74) is 5.13. The number of nitrogens with zero attached hydrogens (tertiary/aromatic N) is 4. The number of aromatic nitrogens is 2. The maximum absolute atomic E-state index is 14.2. The first-order valence-electron chi connectivity index (χ1n) is 15.1. The van der Waals surface area contributed by atoms with E-state index in [0.29, 0.717) is 60.6 Å². The molecule has 0 spiro atoms. The van der Waals surface area contributed by atoms with Crippen molar-refractivity contribution in [2.24, 2.45) is 17.8 Å². The molecule has 4 atom stereocenters. The van der Waals surface area contributed by atoms with Crippen LogP contribution in [0.25, 0.3) is 5.57 Å². The third-order valence-electron chi connectivity index (χ3n) is 10.3. The van der Waals surface area contributed by atoms with Crippen LogP contribution < -0.4 is 0 Å². The van der Waals surface area contributed by atoms with Gasteiger partial charge in [-0.3, -0.25) is 14.4 Å². The number of carbonyl (C=O) groups excluding carboxylic acids is 2. The smallest absolute Gasteiger partial charge is 0.306 e. The summed E-state index contributed by atoms with van der Waals surface area (Å²) in [6.07, 6.45) is 8.73. The molecule has 3 fully saturated rings. The van der Waals surface area contributed by atoms with Crippen molar-refractivity contribution in [1.29, 1.82) is 0 Å². The number of hydrogen-bond donors (Lipinski definition) is 1. The molecule has 41 heavy (non-hydrogen) atoms. The number of likely N-dealkylation sites (N-methyl/N-ethyl adjacent to an activating group) is 1. The van der Waals surface area contributed by atoms with Crippen molar-refractivity contribution in [3.63, 3.8) is 0 Å². The Morgan fingerprint density at radius 1 is 1.02 bits per heavy atom. The van der Waals surface area contributed by atoms with Crippen molar-refractivity contribution in [3.05, 3.63) is 57.4 Å². The average Bonchev–Trinajstić information content (AvgIpc) is 3.49. The predicted octanol–water partition coefficient (Wildman–Crippen LogP) is 4.64. The monoisotopic (exact) mass is 576 g/mol. The Labute approximate surface area is 245 Å². The molecule has 5 aliphatic rings. The molecular formula is C32H37ClN4O4. The highest BCUT2D eigenvalue weighted by Crippen LogP contribution is 2.44. The van der Waals surface area contributed by atoms with Crippen molar-refractivity contribution in [1.82, 2.24) is 19.6 Å². The second-order valence-electron chi connectivity index (χ2n) is 12.8. The average molecular weight is 577 g/mol. The number of carbonyl (C=O) groups is 3. The van der Waals surface area contributed by atoms with Gasteiger partial charge in [0.25, 0.3) is 5.91 Å². The number of amides is 1. The molecule has 216 valence electrons. The lowest BCUT2D eigenvalue weighted by atomic mass is 9.82. The van der Waals surface area contributed by atoms with Crippen LogP contribution in [0.5, 0.6) is 0 Å². The van der Waals surface area contributed by atoms with E-state index in [0.717, 1.165) is 73.4 Å². The van der Waals surface area contributed by atoms with Gasteiger partial charge in [-0.05, 0) is 94.0 Å². The summed E-state index contributed by atoms with van der Waals surface area (Å²) in [5, 5.41) is 14.9. The number of halogens is 1. The lowest BCUT2D eigenvalue weighted by Crippen LogP contribution is -2.40. The molecule has 1 saturated carbocycles. The fraction of sp³-hybridized carbons (Fsp3) is 0.562. The van der Waals surface area contributed by atoms with Crippen LogP contribution in [0.1, 0.15) is 83.7 Å². The van der Waals surface area contributed by atoms with Crippen molar-refractivity contribution in [2.45, 2.75) is 69.7 Å². The number of carboxylic acids is 1. The highest BCUT2D eigenvalue weighted by molar-refractivity contribution is 6.34. The lowest BCUT2D eigenvalue weighted by Gasteiger charge is -2.28. The van der Waals surface area contributed by atoms with Gasteiger partial charge in [-0.2, -0.15) is 9.78 Å². The number of aliphatic carboxylic acids is 1. The summed E-state index contributed by atoms with van der Waals surface area (Å²) in [5.74, 6) is -0.488. The number of rotatable bonds is 5. The van der Waals surface area contributed by atoms with Crippen LogP contribution in [0.3, 0.4) is 0 Å². The topological polar surface area (TPSA) is 95.7 Å². The predicted molar refractivity (Wildman–Crippen MR) is 155 cm³/mol. The molecule has 4 unspecified atom stereocenters. The molecule has 3 heterocycles. The van der Waals surface area contributed by atoms with Gasteiger partial charge in [0.2, 0.25) is 5.91 Å². The molecule has 3 aliphatic carbocycles. The summed E-state index contributed by atoms with van der Waals surface area (Å²) < 4.78 is 1.54. The molecule has 2 aromatic rings. The Bertz CT molecular complexity index is 1460. The summed E-state index contributed by atoms with van der Waals surface area (Å²) in [6, 6.07) is 6.11. The maximum atomic E-state index is 14.2. The molecule has 2 saturated heterocycles. The van der Waals surface area contributed by atoms with E-state index in [1.807, 2.05) is 18.2 Å². The van der Waals surface area contributed by atoms with Gasteiger partial charge in [0.05, 0.1) is 27.9 Å². The first-order valence-corrected chi connectivity index (χ1v) is 15.5. The Balaban J connectivity index is 1.23. The molecule has 1 aromatic carbocycles. The minimum atomic E-state index is -0.770. The molecule has 8 nitrogen and oxygen atoms in total. The SMILES string of the molecule is CN1CCC2CN(C(=O)C3CCc4c(C5=CCC(C(=O)O)CC5)nn(C(=O)c5c(Cl)cccc5C5CC5)c4C3)CC21. The Hall–Kier alpha value is -2.97. The molecule has 1 N–H and O–H groups in total. The van der Waals surface area contributed by atoms with E-state index < -0.39 is 5.97 Å². The van der Waals surface area contributed by atoms with Crippen molar-refractivity contribution >= 4 is 35.0 Å². The lowest BCUT2D eigenvalue weighted by molar-refractivity contribution is -0.142. The van der Waals surface area contributed by atoms with Crippen LogP contribution in [0.4, 0.5) is 0 Å². The minimum absolute atomic E-state index is 0.186. The summed E-state index contributed by atoms with van der Waals surface area (Å²) >= 11 is 6.66. The van der Waals surface area contributed by atoms with Gasteiger partial charge in [-0.15, -0.1) is 0 Å². The first-order chi connectivity index (χ1) is 19.8. The molecule has 2 aliphatic heterocycles. The molecular weight excluding hydrogens is 540 g/mol. The van der Waals surface area contributed by atoms with Crippen molar-refractivity contribution < 1.29 is 19.5 Å². The summed E-state index contributed by atoms with van der Waals surface area (Å²) in [4.78, 5) is 44.1. The van der Waals surface area contributed by atoms with Crippen LogP contribution >= 0.6 is 11.6 Å². The molecule has 1 aromatic heterocycles. The number of carboxylic acid groups (broad SMARTS) is 1. The fourth-order valence-electron chi connectivity index (χ4n) is 7.74. The van der Waals surface area contributed by atoms with Crippen molar-refractivity contribution in [2.75, 3.05) is 26.7 Å².